The summed E-state index contributed by atoms with van der Waals surface area (Å²) in [4.78, 5) is 31.7. The lowest BCUT2D eigenvalue weighted by Gasteiger charge is -2.34. The Balaban J connectivity index is 1.45. The molecular weight excluding hydrogens is 376 g/mol. The summed E-state index contributed by atoms with van der Waals surface area (Å²) in [5.41, 5.74) is 0.741. The van der Waals surface area contributed by atoms with E-state index in [1.807, 2.05) is 20.8 Å². The summed E-state index contributed by atoms with van der Waals surface area (Å²) in [6.07, 6.45) is 3.62. The number of carbonyl (C=O) groups is 1. The van der Waals surface area contributed by atoms with Gasteiger partial charge in [-0.2, -0.15) is 4.98 Å². The van der Waals surface area contributed by atoms with E-state index in [0.717, 1.165) is 32.2 Å². The van der Waals surface area contributed by atoms with Crippen molar-refractivity contribution in [3.63, 3.8) is 0 Å². The third kappa shape index (κ3) is 5.82. The first-order valence-corrected chi connectivity index (χ1v) is 9.96. The highest BCUT2D eigenvalue weighted by atomic mass is 16.6. The van der Waals surface area contributed by atoms with Crippen LogP contribution in [0.4, 0.5) is 10.5 Å². The van der Waals surface area contributed by atoms with E-state index in [2.05, 4.69) is 9.97 Å². The minimum Gasteiger partial charge on any atom is -0.465 e. The summed E-state index contributed by atoms with van der Waals surface area (Å²) < 4.78 is 11.1. The molecule has 1 aromatic heterocycles. The third-order valence-corrected chi connectivity index (χ3v) is 4.82. The fourth-order valence-corrected chi connectivity index (χ4v) is 3.49. The molecule has 9 nitrogen and oxygen atoms in total. The zero-order valence-electron chi connectivity index (χ0n) is 17.1. The summed E-state index contributed by atoms with van der Waals surface area (Å²) in [6, 6.07) is 4.83. The molecule has 0 aliphatic carbocycles. The quantitative estimate of drug-likeness (QED) is 0.437. The number of H-pyrrole nitrogens is 1. The number of nitrogens with one attached hydrogen (secondary N) is 1. The summed E-state index contributed by atoms with van der Waals surface area (Å²) in [5.74, 6) is 0.429. The number of aromatic nitrogens is 2. The Labute approximate surface area is 169 Å². The van der Waals surface area contributed by atoms with Gasteiger partial charge >= 0.3 is 6.09 Å². The van der Waals surface area contributed by atoms with Crippen LogP contribution in [0.5, 0.6) is 6.01 Å². The average molecular weight is 404 g/mol. The number of likely N-dealkylation sites (tertiary alicyclic amines) is 1. The van der Waals surface area contributed by atoms with Crippen molar-refractivity contribution >= 4 is 22.8 Å². The van der Waals surface area contributed by atoms with Crippen molar-refractivity contribution in [3.05, 3.63) is 28.3 Å². The van der Waals surface area contributed by atoms with Gasteiger partial charge in [-0.05, 0) is 58.4 Å². The monoisotopic (exact) mass is 404 g/mol. The number of nitro benzene ring substituents is 1. The largest absolute Gasteiger partial charge is 0.465 e. The molecule has 1 fully saturated rings. The van der Waals surface area contributed by atoms with Gasteiger partial charge in [0.25, 0.3) is 11.7 Å². The highest BCUT2D eigenvalue weighted by Crippen LogP contribution is 2.24. The highest BCUT2D eigenvalue weighted by molar-refractivity contribution is 5.78. The van der Waals surface area contributed by atoms with E-state index >= 15 is 0 Å². The molecule has 0 unspecified atom stereocenters. The number of aromatic amines is 1. The van der Waals surface area contributed by atoms with E-state index in [9.17, 15) is 14.9 Å². The second kappa shape index (κ2) is 8.67. The van der Waals surface area contributed by atoms with Gasteiger partial charge in [0, 0.05) is 25.2 Å². The van der Waals surface area contributed by atoms with Crippen molar-refractivity contribution in [1.82, 2.24) is 14.9 Å². The molecule has 0 spiro atoms. The number of carbonyl (C=O) groups excluding carboxylic acids is 1. The standard InChI is InChI=1S/C20H28N4O5/c1-20(2,3)29-19(25)23-10-4-6-14(13-23)7-5-11-28-18-21-16-9-8-15(24(26)27)12-17(16)22-18/h8-9,12,14H,4-7,10-11,13H2,1-3H3,(H,21,22)/t14-/m0/s1. The van der Waals surface area contributed by atoms with E-state index in [-0.39, 0.29) is 11.8 Å². The van der Waals surface area contributed by atoms with Gasteiger partial charge in [0.1, 0.15) is 5.60 Å². The number of piperidine rings is 1. The number of hydrogen-bond donors (Lipinski definition) is 1. The maximum absolute atomic E-state index is 12.3. The van der Waals surface area contributed by atoms with E-state index in [0.29, 0.717) is 36.1 Å². The first-order chi connectivity index (χ1) is 13.7. The summed E-state index contributed by atoms with van der Waals surface area (Å²) >= 11 is 0. The number of nitrogens with zero attached hydrogens (tertiary/aromatic N) is 3. The van der Waals surface area contributed by atoms with Crippen molar-refractivity contribution < 1.29 is 19.2 Å². The van der Waals surface area contributed by atoms with Gasteiger partial charge in [0.05, 0.1) is 22.6 Å². The molecule has 1 amide bonds. The molecule has 2 heterocycles. The maximum atomic E-state index is 12.3. The Morgan fingerprint density at radius 1 is 1.41 bits per heavy atom. The van der Waals surface area contributed by atoms with E-state index < -0.39 is 10.5 Å². The van der Waals surface area contributed by atoms with Crippen LogP contribution in [0.25, 0.3) is 11.0 Å². The second-order valence-electron chi connectivity index (χ2n) is 8.43. The molecule has 1 aliphatic rings. The van der Waals surface area contributed by atoms with Crippen LogP contribution in [-0.4, -0.2) is 51.2 Å². The normalized spacial score (nSPS) is 17.3. The number of hydrogen-bond acceptors (Lipinski definition) is 6. The van der Waals surface area contributed by atoms with Crippen LogP contribution >= 0.6 is 0 Å². The van der Waals surface area contributed by atoms with Gasteiger partial charge in [0.2, 0.25) is 0 Å². The summed E-state index contributed by atoms with van der Waals surface area (Å²) in [6.45, 7) is 7.57. The van der Waals surface area contributed by atoms with E-state index in [1.54, 1.807) is 11.0 Å². The van der Waals surface area contributed by atoms with E-state index in [1.165, 1.54) is 12.1 Å². The molecule has 158 valence electrons. The minimum atomic E-state index is -0.481. The number of amides is 1. The Bertz CT molecular complexity index is 873. The summed E-state index contributed by atoms with van der Waals surface area (Å²) in [7, 11) is 0. The lowest BCUT2D eigenvalue weighted by Crippen LogP contribution is -2.42. The van der Waals surface area contributed by atoms with Gasteiger partial charge in [-0.1, -0.05) is 0 Å². The van der Waals surface area contributed by atoms with Crippen LogP contribution in [0.15, 0.2) is 18.2 Å². The Morgan fingerprint density at radius 3 is 2.93 bits per heavy atom. The van der Waals surface area contributed by atoms with Crippen molar-refractivity contribution in [3.8, 4) is 6.01 Å². The van der Waals surface area contributed by atoms with Gasteiger partial charge < -0.3 is 19.4 Å². The van der Waals surface area contributed by atoms with E-state index in [4.69, 9.17) is 9.47 Å². The predicted octanol–water partition coefficient (Wildman–Crippen LogP) is 4.28. The number of non-ortho nitro benzene ring substituents is 1. The van der Waals surface area contributed by atoms with Gasteiger partial charge in [-0.25, -0.2) is 4.79 Å². The van der Waals surface area contributed by atoms with Crippen molar-refractivity contribution in [2.24, 2.45) is 5.92 Å². The van der Waals surface area contributed by atoms with Crippen LogP contribution in [0.2, 0.25) is 0 Å². The van der Waals surface area contributed by atoms with Crippen molar-refractivity contribution in [1.29, 1.82) is 0 Å². The molecule has 9 heteroatoms. The SMILES string of the molecule is CC(C)(C)OC(=O)N1CCC[C@@H](CCCOc2nc3ccc([N+](=O)[O-])cc3[nH]2)C1. The number of nitro groups is 1. The first-order valence-electron chi connectivity index (χ1n) is 9.96. The molecule has 0 radical (unpaired) electrons. The average Bonchev–Trinajstić information content (AvgIpc) is 3.06. The highest BCUT2D eigenvalue weighted by Gasteiger charge is 2.27. The number of fused-ring (bicyclic) bond motifs is 1. The number of rotatable bonds is 6. The minimum absolute atomic E-state index is 0.0135. The molecule has 0 bridgehead atoms. The van der Waals surface area contributed by atoms with Crippen LogP contribution in [0, 0.1) is 16.0 Å². The molecule has 29 heavy (non-hydrogen) atoms. The van der Waals surface area contributed by atoms with Gasteiger partial charge in [0.15, 0.2) is 0 Å². The lowest BCUT2D eigenvalue weighted by atomic mass is 9.94. The van der Waals surface area contributed by atoms with Crippen molar-refractivity contribution in [2.45, 2.75) is 52.1 Å². The number of ether oxygens (including phenoxy) is 2. The Morgan fingerprint density at radius 2 is 2.21 bits per heavy atom. The van der Waals surface area contributed by atoms with Crippen LogP contribution in [0.3, 0.4) is 0 Å². The smallest absolute Gasteiger partial charge is 0.410 e. The van der Waals surface area contributed by atoms with Crippen LogP contribution in [-0.2, 0) is 4.74 Å². The molecule has 0 saturated carbocycles. The lowest BCUT2D eigenvalue weighted by molar-refractivity contribution is -0.384. The van der Waals surface area contributed by atoms with Gasteiger partial charge in [-0.15, -0.1) is 0 Å². The zero-order chi connectivity index (χ0) is 21.0. The van der Waals surface area contributed by atoms with Crippen LogP contribution in [0.1, 0.15) is 46.5 Å². The predicted molar refractivity (Wildman–Crippen MR) is 108 cm³/mol. The fourth-order valence-electron chi connectivity index (χ4n) is 3.49. The summed E-state index contributed by atoms with van der Waals surface area (Å²) in [5, 5.41) is 10.9. The molecule has 2 aromatic rings. The molecule has 1 aromatic carbocycles. The number of imidazole rings is 1. The topological polar surface area (TPSA) is 111 Å². The molecule has 1 atom stereocenters. The zero-order valence-corrected chi connectivity index (χ0v) is 17.1. The molecular formula is C20H28N4O5. The molecule has 1 N–H and O–H groups in total. The molecule has 3 rings (SSSR count). The van der Waals surface area contributed by atoms with Gasteiger partial charge in [-0.3, -0.25) is 10.1 Å². The molecule has 1 saturated heterocycles. The molecule has 1 aliphatic heterocycles. The van der Waals surface area contributed by atoms with Crippen LogP contribution < -0.4 is 4.74 Å². The Kier molecular flexibility index (Phi) is 6.24. The maximum Gasteiger partial charge on any atom is 0.410 e. The fraction of sp³-hybridized carbons (Fsp3) is 0.600. The van der Waals surface area contributed by atoms with Crippen molar-refractivity contribution in [2.75, 3.05) is 19.7 Å². The number of benzene rings is 1. The third-order valence-electron chi connectivity index (χ3n) is 4.82. The Hall–Kier alpha value is -2.84. The second-order valence-corrected chi connectivity index (χ2v) is 8.43. The first kappa shape index (κ1) is 20.9.